The van der Waals surface area contributed by atoms with Crippen LogP contribution in [0.4, 0.5) is 11.5 Å². The molecule has 2 aromatic heterocycles. The summed E-state index contributed by atoms with van der Waals surface area (Å²) in [7, 11) is 1.91. The molecule has 0 spiro atoms. The molecule has 0 saturated carbocycles. The van der Waals surface area contributed by atoms with E-state index in [9.17, 15) is 5.11 Å². The predicted molar refractivity (Wildman–Crippen MR) is 70.1 cm³/mol. The van der Waals surface area contributed by atoms with Gasteiger partial charge in [-0.1, -0.05) is 6.07 Å². The van der Waals surface area contributed by atoms with Crippen LogP contribution in [0, 0.1) is 0 Å². The lowest BCUT2D eigenvalue weighted by Gasteiger charge is -2.18. The lowest BCUT2D eigenvalue weighted by molar-refractivity contribution is 0.475. The van der Waals surface area contributed by atoms with E-state index in [2.05, 4.69) is 15.0 Å². The Balaban J connectivity index is 2.12. The molecule has 2 heterocycles. The van der Waals surface area contributed by atoms with Crippen LogP contribution in [0.2, 0.25) is 0 Å². The number of aromatic hydroxyl groups is 1. The van der Waals surface area contributed by atoms with E-state index in [4.69, 9.17) is 0 Å². The molecule has 0 aliphatic carbocycles. The van der Waals surface area contributed by atoms with Gasteiger partial charge in [0.1, 0.15) is 23.5 Å². The second-order valence-electron chi connectivity index (χ2n) is 4.02. The summed E-state index contributed by atoms with van der Waals surface area (Å²) in [6, 6.07) is 8.99. The van der Waals surface area contributed by atoms with E-state index >= 15 is 0 Å². The third-order valence-electron chi connectivity index (χ3n) is 2.87. The first kappa shape index (κ1) is 10.6. The fourth-order valence-corrected chi connectivity index (χ4v) is 1.95. The van der Waals surface area contributed by atoms with Gasteiger partial charge in [0.2, 0.25) is 0 Å². The molecule has 5 nitrogen and oxygen atoms in total. The minimum absolute atomic E-state index is 0.235. The number of anilines is 2. The lowest BCUT2D eigenvalue weighted by atomic mass is 10.2. The molecule has 18 heavy (non-hydrogen) atoms. The van der Waals surface area contributed by atoms with Gasteiger partial charge in [-0.25, -0.2) is 9.97 Å². The van der Waals surface area contributed by atoms with Gasteiger partial charge in [-0.05, 0) is 18.2 Å². The number of aromatic amines is 1. The van der Waals surface area contributed by atoms with Crippen molar-refractivity contribution in [1.29, 1.82) is 0 Å². The van der Waals surface area contributed by atoms with Crippen LogP contribution in [-0.2, 0) is 0 Å². The van der Waals surface area contributed by atoms with Gasteiger partial charge in [0.05, 0.1) is 5.39 Å². The summed E-state index contributed by atoms with van der Waals surface area (Å²) in [5.41, 5.74) is 1.67. The Morgan fingerprint density at radius 2 is 2.11 bits per heavy atom. The zero-order valence-corrected chi connectivity index (χ0v) is 9.83. The topological polar surface area (TPSA) is 65.0 Å². The first-order chi connectivity index (χ1) is 8.75. The Morgan fingerprint density at radius 3 is 2.94 bits per heavy atom. The molecule has 0 aliphatic rings. The number of hydrogen-bond acceptors (Lipinski definition) is 4. The third kappa shape index (κ3) is 1.66. The van der Waals surface area contributed by atoms with E-state index in [1.54, 1.807) is 18.2 Å². The van der Waals surface area contributed by atoms with Gasteiger partial charge in [-0.2, -0.15) is 0 Å². The number of hydrogen-bond donors (Lipinski definition) is 2. The fourth-order valence-electron chi connectivity index (χ4n) is 1.95. The van der Waals surface area contributed by atoms with Crippen molar-refractivity contribution < 1.29 is 5.11 Å². The molecule has 3 rings (SSSR count). The molecule has 0 atom stereocenters. The molecule has 0 fully saturated rings. The fraction of sp³-hybridized carbons (Fsp3) is 0.0769. The Morgan fingerprint density at radius 1 is 1.22 bits per heavy atom. The van der Waals surface area contributed by atoms with Crippen molar-refractivity contribution in [3.05, 3.63) is 42.9 Å². The summed E-state index contributed by atoms with van der Waals surface area (Å²) in [5.74, 6) is 1.03. The second-order valence-corrected chi connectivity index (χ2v) is 4.02. The van der Waals surface area contributed by atoms with Crippen LogP contribution >= 0.6 is 0 Å². The monoisotopic (exact) mass is 240 g/mol. The SMILES string of the molecule is CN(c1cccc(O)c1)c1ncnc2[nH]ccc12. The minimum atomic E-state index is 0.235. The summed E-state index contributed by atoms with van der Waals surface area (Å²) in [4.78, 5) is 13.4. The van der Waals surface area contributed by atoms with Gasteiger partial charge in [0.25, 0.3) is 0 Å². The Labute approximate surface area is 104 Å². The molecule has 0 saturated heterocycles. The van der Waals surface area contributed by atoms with Gasteiger partial charge < -0.3 is 15.0 Å². The Bertz CT molecular complexity index is 692. The average Bonchev–Trinajstić information content (AvgIpc) is 2.86. The normalized spacial score (nSPS) is 10.7. The maximum Gasteiger partial charge on any atom is 0.145 e. The third-order valence-corrected chi connectivity index (χ3v) is 2.87. The first-order valence-electron chi connectivity index (χ1n) is 5.56. The molecule has 2 N–H and O–H groups in total. The van der Waals surface area contributed by atoms with Crippen LogP contribution in [-0.4, -0.2) is 27.1 Å². The molecule has 3 aromatic rings. The summed E-state index contributed by atoms with van der Waals surface area (Å²) < 4.78 is 0. The molecule has 0 aliphatic heterocycles. The highest BCUT2D eigenvalue weighted by Gasteiger charge is 2.11. The van der Waals surface area contributed by atoms with E-state index in [0.717, 1.165) is 22.5 Å². The number of nitrogens with zero attached hydrogens (tertiary/aromatic N) is 3. The second kappa shape index (κ2) is 4.03. The quantitative estimate of drug-likeness (QED) is 0.722. The molecular formula is C13H12N4O. The van der Waals surface area contributed by atoms with E-state index in [1.165, 1.54) is 6.33 Å². The van der Waals surface area contributed by atoms with Crippen molar-refractivity contribution in [2.24, 2.45) is 0 Å². The summed E-state index contributed by atoms with van der Waals surface area (Å²) in [6.45, 7) is 0. The molecule has 0 unspecified atom stereocenters. The Kier molecular flexibility index (Phi) is 2.37. The summed E-state index contributed by atoms with van der Waals surface area (Å²) in [5, 5.41) is 10.5. The summed E-state index contributed by atoms with van der Waals surface area (Å²) >= 11 is 0. The van der Waals surface area contributed by atoms with Crippen molar-refractivity contribution in [2.45, 2.75) is 0 Å². The number of nitrogens with one attached hydrogen (secondary N) is 1. The van der Waals surface area contributed by atoms with Crippen LogP contribution in [0.1, 0.15) is 0 Å². The van der Waals surface area contributed by atoms with Gasteiger partial charge >= 0.3 is 0 Å². The van der Waals surface area contributed by atoms with Gasteiger partial charge in [-0.15, -0.1) is 0 Å². The average molecular weight is 240 g/mol. The maximum atomic E-state index is 9.52. The largest absolute Gasteiger partial charge is 0.508 e. The van der Waals surface area contributed by atoms with Gasteiger partial charge in [0.15, 0.2) is 0 Å². The van der Waals surface area contributed by atoms with Crippen LogP contribution in [0.25, 0.3) is 11.0 Å². The first-order valence-corrected chi connectivity index (χ1v) is 5.56. The zero-order chi connectivity index (χ0) is 12.5. The van der Waals surface area contributed by atoms with E-state index in [0.29, 0.717) is 0 Å². The summed E-state index contributed by atoms with van der Waals surface area (Å²) in [6.07, 6.45) is 3.35. The number of fused-ring (bicyclic) bond motifs is 1. The molecule has 1 aromatic carbocycles. The highest BCUT2D eigenvalue weighted by atomic mass is 16.3. The van der Waals surface area contributed by atoms with E-state index in [-0.39, 0.29) is 5.75 Å². The smallest absolute Gasteiger partial charge is 0.145 e. The number of phenolic OH excluding ortho intramolecular Hbond substituents is 1. The van der Waals surface area contributed by atoms with Crippen molar-refractivity contribution >= 4 is 22.5 Å². The maximum absolute atomic E-state index is 9.52. The molecule has 0 bridgehead atoms. The van der Waals surface area contributed by atoms with Crippen LogP contribution < -0.4 is 4.90 Å². The zero-order valence-electron chi connectivity index (χ0n) is 9.83. The van der Waals surface area contributed by atoms with Crippen LogP contribution in [0.5, 0.6) is 5.75 Å². The van der Waals surface area contributed by atoms with Crippen molar-refractivity contribution in [1.82, 2.24) is 15.0 Å². The number of rotatable bonds is 2. The van der Waals surface area contributed by atoms with Gasteiger partial charge in [0, 0.05) is 25.0 Å². The highest BCUT2D eigenvalue weighted by Crippen LogP contribution is 2.29. The standard InChI is InChI=1S/C13H12N4O/c1-17(9-3-2-4-10(18)7-9)13-11-5-6-14-12(11)15-8-16-13/h2-8,18H,1H3,(H,14,15,16). The van der Waals surface area contributed by atoms with Crippen molar-refractivity contribution in [3.8, 4) is 5.75 Å². The number of benzene rings is 1. The van der Waals surface area contributed by atoms with Crippen molar-refractivity contribution in [3.63, 3.8) is 0 Å². The number of phenols is 1. The molecular weight excluding hydrogens is 228 g/mol. The molecule has 90 valence electrons. The predicted octanol–water partition coefficient (Wildman–Crippen LogP) is 2.43. The van der Waals surface area contributed by atoms with Crippen LogP contribution in [0.3, 0.4) is 0 Å². The number of aromatic nitrogens is 3. The van der Waals surface area contributed by atoms with E-state index in [1.807, 2.05) is 30.3 Å². The Hall–Kier alpha value is -2.56. The molecule has 0 amide bonds. The van der Waals surface area contributed by atoms with Gasteiger partial charge in [-0.3, -0.25) is 0 Å². The van der Waals surface area contributed by atoms with Crippen molar-refractivity contribution in [2.75, 3.05) is 11.9 Å². The molecule has 0 radical (unpaired) electrons. The minimum Gasteiger partial charge on any atom is -0.508 e. The lowest BCUT2D eigenvalue weighted by Crippen LogP contribution is -2.11. The number of H-pyrrole nitrogens is 1. The highest BCUT2D eigenvalue weighted by molar-refractivity contribution is 5.89. The van der Waals surface area contributed by atoms with Crippen LogP contribution in [0.15, 0.2) is 42.9 Å². The molecule has 5 heteroatoms. The van der Waals surface area contributed by atoms with E-state index < -0.39 is 0 Å².